The van der Waals surface area contributed by atoms with Crippen LogP contribution in [0.3, 0.4) is 0 Å². The summed E-state index contributed by atoms with van der Waals surface area (Å²) in [5.74, 6) is -2.10. The molecule has 1 aliphatic heterocycles. The van der Waals surface area contributed by atoms with Gasteiger partial charge in [0.1, 0.15) is 23.0 Å². The predicted molar refractivity (Wildman–Crippen MR) is 146 cm³/mol. The second-order valence-electron chi connectivity index (χ2n) is 8.44. The van der Waals surface area contributed by atoms with Gasteiger partial charge >= 0.3 is 11.9 Å². The molecule has 1 aliphatic rings. The molecule has 0 bridgehead atoms. The summed E-state index contributed by atoms with van der Waals surface area (Å²) in [6, 6.07) is 10.6. The fourth-order valence-electron chi connectivity index (χ4n) is 4.16. The molecule has 2 heterocycles. The smallest absolute Gasteiger partial charge is 0.350 e. The lowest BCUT2D eigenvalue weighted by atomic mass is 9.95. The average molecular weight is 553 g/mol. The average Bonchev–Trinajstić information content (AvgIpc) is 3.39. The number of rotatable bonds is 8. The van der Waals surface area contributed by atoms with Crippen molar-refractivity contribution in [1.29, 1.82) is 0 Å². The third kappa shape index (κ3) is 5.07. The number of anilines is 1. The Hall–Kier alpha value is -3.95. The number of hydrogen-bond acceptors (Lipinski definition) is 8. The van der Waals surface area contributed by atoms with Crippen LogP contribution >= 0.6 is 22.9 Å². The Kier molecular flexibility index (Phi) is 7.99. The molecule has 1 N–H and O–H groups in total. The van der Waals surface area contributed by atoms with E-state index < -0.39 is 23.7 Å². The number of nitrogens with zero attached hydrogens (tertiary/aromatic N) is 2. The molecule has 196 valence electrons. The number of esters is 1. The molecule has 1 aromatic heterocycles. The van der Waals surface area contributed by atoms with Gasteiger partial charge in [-0.05, 0) is 62.2 Å². The SMILES string of the molecule is C=CCOc1ccc(C(O)=C2C(=O)C(=O)N(c3nc(C)c(C(=O)OCC)s3)C2c2cccc(Cl)c2)cc1C. The number of ketones is 1. The van der Waals surface area contributed by atoms with E-state index in [1.165, 1.54) is 4.90 Å². The van der Waals surface area contributed by atoms with Crippen molar-refractivity contribution in [2.45, 2.75) is 26.8 Å². The first-order chi connectivity index (χ1) is 18.2. The zero-order valence-electron chi connectivity index (χ0n) is 21.0. The largest absolute Gasteiger partial charge is 0.507 e. The van der Waals surface area contributed by atoms with Crippen LogP contribution in [0.5, 0.6) is 5.75 Å². The molecule has 3 aromatic rings. The number of hydrogen-bond donors (Lipinski definition) is 1. The number of aliphatic hydroxyl groups is 1. The minimum atomic E-state index is -1.04. The molecule has 1 atom stereocenters. The number of aliphatic hydroxyl groups excluding tert-OH is 1. The van der Waals surface area contributed by atoms with Gasteiger partial charge in [0.05, 0.1) is 23.9 Å². The van der Waals surface area contributed by atoms with Crippen LogP contribution in [0.2, 0.25) is 5.02 Å². The van der Waals surface area contributed by atoms with Gasteiger partial charge in [-0.1, -0.05) is 47.7 Å². The molecule has 38 heavy (non-hydrogen) atoms. The lowest BCUT2D eigenvalue weighted by Gasteiger charge is -2.23. The van der Waals surface area contributed by atoms with E-state index in [2.05, 4.69) is 11.6 Å². The van der Waals surface area contributed by atoms with Crippen molar-refractivity contribution >= 4 is 51.5 Å². The van der Waals surface area contributed by atoms with Gasteiger partial charge in [-0.3, -0.25) is 14.5 Å². The number of aromatic nitrogens is 1. The van der Waals surface area contributed by atoms with E-state index in [0.717, 1.165) is 16.9 Å². The molecule has 4 rings (SSSR count). The first-order valence-electron chi connectivity index (χ1n) is 11.7. The molecule has 1 saturated heterocycles. The summed E-state index contributed by atoms with van der Waals surface area (Å²) >= 11 is 7.20. The van der Waals surface area contributed by atoms with Crippen molar-refractivity contribution in [3.05, 3.63) is 93.0 Å². The fourth-order valence-corrected chi connectivity index (χ4v) is 5.34. The van der Waals surface area contributed by atoms with Crippen LogP contribution in [0.1, 0.15) is 45.0 Å². The maximum atomic E-state index is 13.4. The highest BCUT2D eigenvalue weighted by molar-refractivity contribution is 7.17. The van der Waals surface area contributed by atoms with Gasteiger partial charge in [-0.2, -0.15) is 0 Å². The number of benzene rings is 2. The monoisotopic (exact) mass is 552 g/mol. The summed E-state index contributed by atoms with van der Waals surface area (Å²) in [6.07, 6.45) is 1.62. The molecule has 8 nitrogen and oxygen atoms in total. The normalized spacial score (nSPS) is 16.5. The van der Waals surface area contributed by atoms with Crippen molar-refractivity contribution in [2.75, 3.05) is 18.1 Å². The molecule has 1 unspecified atom stereocenters. The summed E-state index contributed by atoms with van der Waals surface area (Å²) in [4.78, 5) is 45.0. The van der Waals surface area contributed by atoms with Crippen LogP contribution in [0.4, 0.5) is 5.13 Å². The third-order valence-corrected chi connectivity index (χ3v) is 7.24. The Morgan fingerprint density at radius 1 is 1.24 bits per heavy atom. The summed E-state index contributed by atoms with van der Waals surface area (Å²) in [7, 11) is 0. The zero-order chi connectivity index (χ0) is 27.6. The van der Waals surface area contributed by atoms with Crippen LogP contribution in [0.25, 0.3) is 5.76 Å². The summed E-state index contributed by atoms with van der Waals surface area (Å²) < 4.78 is 10.7. The van der Waals surface area contributed by atoms with Crippen molar-refractivity contribution in [3.8, 4) is 5.75 Å². The topological polar surface area (TPSA) is 106 Å². The van der Waals surface area contributed by atoms with E-state index in [1.54, 1.807) is 69.3 Å². The first-order valence-corrected chi connectivity index (χ1v) is 12.9. The van der Waals surface area contributed by atoms with Gasteiger partial charge in [0.25, 0.3) is 5.78 Å². The summed E-state index contributed by atoms with van der Waals surface area (Å²) in [5, 5.41) is 11.9. The molecule has 2 aromatic carbocycles. The highest BCUT2D eigenvalue weighted by atomic mass is 35.5. The number of carbonyl (C=O) groups excluding carboxylic acids is 3. The number of Topliss-reactive ketones (excluding diaryl/α,β-unsaturated/α-hetero) is 1. The maximum absolute atomic E-state index is 13.4. The van der Waals surface area contributed by atoms with Gasteiger partial charge < -0.3 is 14.6 Å². The number of aryl methyl sites for hydroxylation is 2. The van der Waals surface area contributed by atoms with Crippen LogP contribution in [-0.2, 0) is 14.3 Å². The van der Waals surface area contributed by atoms with Crippen LogP contribution in [0, 0.1) is 13.8 Å². The highest BCUT2D eigenvalue weighted by Gasteiger charge is 2.48. The van der Waals surface area contributed by atoms with Crippen molar-refractivity contribution in [2.24, 2.45) is 0 Å². The molecule has 1 fully saturated rings. The second kappa shape index (κ2) is 11.2. The van der Waals surface area contributed by atoms with E-state index in [9.17, 15) is 19.5 Å². The molecule has 0 spiro atoms. The Labute approximate surface area is 228 Å². The molecule has 0 radical (unpaired) electrons. The fraction of sp³-hybridized carbons (Fsp3) is 0.214. The van der Waals surface area contributed by atoms with Gasteiger partial charge in [-0.15, -0.1) is 0 Å². The highest BCUT2D eigenvalue weighted by Crippen LogP contribution is 2.44. The standard InChI is InChI=1S/C28H25ClN2O6S/c1-5-12-37-20-11-10-18(13-15(20)3)23(32)21-22(17-8-7-9-19(29)14-17)31(26(34)24(21)33)28-30-16(4)25(38-28)27(35)36-6-2/h5,7-11,13-14,22,32H,1,6,12H2,2-4H3. The lowest BCUT2D eigenvalue weighted by Crippen LogP contribution is -2.29. The number of halogens is 1. The number of ether oxygens (including phenoxy) is 2. The quantitative estimate of drug-likeness (QED) is 0.124. The van der Waals surface area contributed by atoms with E-state index in [1.807, 2.05) is 0 Å². The minimum Gasteiger partial charge on any atom is -0.507 e. The van der Waals surface area contributed by atoms with E-state index >= 15 is 0 Å². The van der Waals surface area contributed by atoms with Crippen LogP contribution in [-0.4, -0.2) is 41.0 Å². The van der Waals surface area contributed by atoms with E-state index in [4.69, 9.17) is 21.1 Å². The van der Waals surface area contributed by atoms with Gasteiger partial charge in [-0.25, -0.2) is 9.78 Å². The lowest BCUT2D eigenvalue weighted by molar-refractivity contribution is -0.132. The van der Waals surface area contributed by atoms with E-state index in [-0.39, 0.29) is 27.9 Å². The van der Waals surface area contributed by atoms with Crippen molar-refractivity contribution in [1.82, 2.24) is 4.98 Å². The molecule has 10 heteroatoms. The Morgan fingerprint density at radius 2 is 2.00 bits per heavy atom. The summed E-state index contributed by atoms with van der Waals surface area (Å²) in [5.41, 5.74) is 1.79. The van der Waals surface area contributed by atoms with Gasteiger partial charge in [0.2, 0.25) is 0 Å². The Morgan fingerprint density at radius 3 is 2.66 bits per heavy atom. The van der Waals surface area contributed by atoms with Gasteiger partial charge in [0, 0.05) is 10.6 Å². The van der Waals surface area contributed by atoms with Crippen LogP contribution < -0.4 is 9.64 Å². The Balaban J connectivity index is 1.88. The minimum absolute atomic E-state index is 0.123. The number of carbonyl (C=O) groups is 3. The molecule has 0 aliphatic carbocycles. The van der Waals surface area contributed by atoms with Crippen molar-refractivity contribution in [3.63, 3.8) is 0 Å². The molecular formula is C28H25ClN2O6S. The number of amides is 1. The van der Waals surface area contributed by atoms with Gasteiger partial charge in [0.15, 0.2) is 5.13 Å². The Bertz CT molecular complexity index is 1480. The van der Waals surface area contributed by atoms with Crippen LogP contribution in [0.15, 0.2) is 60.7 Å². The molecule has 1 amide bonds. The molecule has 0 saturated carbocycles. The zero-order valence-corrected chi connectivity index (χ0v) is 22.6. The maximum Gasteiger partial charge on any atom is 0.350 e. The second-order valence-corrected chi connectivity index (χ2v) is 9.85. The van der Waals surface area contributed by atoms with E-state index in [0.29, 0.717) is 34.2 Å². The predicted octanol–water partition coefficient (Wildman–Crippen LogP) is 5.78. The number of thiazole rings is 1. The first kappa shape index (κ1) is 27.1. The van der Waals surface area contributed by atoms with Crippen molar-refractivity contribution < 1.29 is 29.0 Å². The summed E-state index contributed by atoms with van der Waals surface area (Å²) in [6.45, 7) is 9.23. The molecular weight excluding hydrogens is 528 g/mol. The third-order valence-electron chi connectivity index (χ3n) is 5.87.